The van der Waals surface area contributed by atoms with E-state index in [-0.39, 0.29) is 30.7 Å². The average molecular weight is 641 g/mol. The summed E-state index contributed by atoms with van der Waals surface area (Å²) in [6.45, 7) is 16.1. The standard InChI is InChI=1S/C30H52N6O7S/c1-10-15-31-25(38)21(37)16-32-26(39)23-20-14-12-13-19(20)17-36(23)27(40)24(30(6,7)8)34-28(41)33-22(29(3,4)5)18-35(9)44(42,43)11-2/h10,19-20,22-24H,1,11-18H2,2-9H3,(H,31,38)(H,32,39)(H2,33,34,41)/t19-,20-,22+,23-,24+/m0/s1. The molecule has 0 radical (unpaired) electrons. The van der Waals surface area contributed by atoms with Gasteiger partial charge in [-0.15, -0.1) is 6.58 Å². The van der Waals surface area contributed by atoms with E-state index in [0.717, 1.165) is 19.3 Å². The van der Waals surface area contributed by atoms with Crippen molar-refractivity contribution in [3.8, 4) is 0 Å². The molecule has 0 bridgehead atoms. The van der Waals surface area contributed by atoms with Gasteiger partial charge >= 0.3 is 6.03 Å². The molecule has 13 nitrogen and oxygen atoms in total. The van der Waals surface area contributed by atoms with Gasteiger partial charge in [-0.25, -0.2) is 17.5 Å². The maximum absolute atomic E-state index is 14.1. The summed E-state index contributed by atoms with van der Waals surface area (Å²) in [7, 11) is -2.02. The van der Waals surface area contributed by atoms with Gasteiger partial charge in [-0.2, -0.15) is 0 Å². The molecule has 4 N–H and O–H groups in total. The van der Waals surface area contributed by atoms with Crippen molar-refractivity contribution in [1.29, 1.82) is 0 Å². The zero-order valence-electron chi connectivity index (χ0n) is 27.5. The molecule has 0 unspecified atom stereocenters. The Labute approximate surface area is 262 Å². The van der Waals surface area contributed by atoms with Crippen LogP contribution in [0, 0.1) is 22.7 Å². The number of carbonyl (C=O) groups is 5. The topological polar surface area (TPSA) is 174 Å². The quantitative estimate of drug-likeness (QED) is 0.172. The molecule has 1 saturated heterocycles. The lowest BCUT2D eigenvalue weighted by Crippen LogP contribution is -2.62. The molecule has 5 atom stereocenters. The molecule has 0 spiro atoms. The number of amides is 5. The van der Waals surface area contributed by atoms with Crippen LogP contribution in [0.15, 0.2) is 12.7 Å². The third-order valence-electron chi connectivity index (χ3n) is 8.54. The van der Waals surface area contributed by atoms with Crippen LogP contribution in [-0.2, 0) is 29.2 Å². The van der Waals surface area contributed by atoms with Crippen LogP contribution in [0.25, 0.3) is 0 Å². The predicted molar refractivity (Wildman–Crippen MR) is 168 cm³/mol. The van der Waals surface area contributed by atoms with Crippen LogP contribution >= 0.6 is 0 Å². The average Bonchev–Trinajstić information content (AvgIpc) is 3.52. The van der Waals surface area contributed by atoms with Crippen LogP contribution in [0.2, 0.25) is 0 Å². The van der Waals surface area contributed by atoms with E-state index in [2.05, 4.69) is 27.8 Å². The first-order valence-electron chi connectivity index (χ1n) is 15.3. The van der Waals surface area contributed by atoms with Crippen molar-refractivity contribution in [2.24, 2.45) is 22.7 Å². The number of ketones is 1. The van der Waals surface area contributed by atoms with E-state index >= 15 is 0 Å². The summed E-state index contributed by atoms with van der Waals surface area (Å²) in [5, 5.41) is 10.6. The summed E-state index contributed by atoms with van der Waals surface area (Å²) in [6, 6.07) is -3.06. The van der Waals surface area contributed by atoms with Crippen molar-refractivity contribution in [2.45, 2.75) is 85.9 Å². The Morgan fingerprint density at radius 3 is 2.18 bits per heavy atom. The Hall–Kier alpha value is -3.00. The number of fused-ring (bicyclic) bond motifs is 1. The van der Waals surface area contributed by atoms with Crippen molar-refractivity contribution in [1.82, 2.24) is 30.5 Å². The fraction of sp³-hybridized carbons (Fsp3) is 0.767. The Balaban J connectivity index is 2.24. The SMILES string of the molecule is C=CCNC(=O)C(=O)CNC(=O)[C@@H]1[C@H]2CCC[C@H]2CN1C(=O)[C@@H](NC(=O)N[C@H](CN(C)S(=O)(=O)CC)C(C)(C)C)C(C)(C)C. The zero-order valence-corrected chi connectivity index (χ0v) is 28.3. The molecule has 0 aromatic heterocycles. The van der Waals surface area contributed by atoms with E-state index in [4.69, 9.17) is 0 Å². The number of rotatable bonds is 13. The Kier molecular flexibility index (Phi) is 12.6. The molecule has 1 saturated carbocycles. The molecule has 250 valence electrons. The number of Topliss-reactive ketones (excluding diaryl/α,β-unsaturated/α-hetero) is 1. The second-order valence-electron chi connectivity index (χ2n) is 13.9. The van der Waals surface area contributed by atoms with E-state index in [9.17, 15) is 32.4 Å². The molecule has 0 aromatic carbocycles. The summed E-state index contributed by atoms with van der Waals surface area (Å²) >= 11 is 0. The van der Waals surface area contributed by atoms with Crippen molar-refractivity contribution in [3.63, 3.8) is 0 Å². The minimum absolute atomic E-state index is 0.0449. The van der Waals surface area contributed by atoms with Crippen molar-refractivity contribution in [3.05, 3.63) is 12.7 Å². The monoisotopic (exact) mass is 640 g/mol. The first-order chi connectivity index (χ1) is 20.2. The Bertz CT molecular complexity index is 1210. The molecule has 2 aliphatic rings. The summed E-state index contributed by atoms with van der Waals surface area (Å²) in [5.41, 5.74) is -1.25. The van der Waals surface area contributed by atoms with E-state index in [1.54, 1.807) is 6.92 Å². The summed E-state index contributed by atoms with van der Waals surface area (Å²) in [4.78, 5) is 66.7. The first kappa shape index (κ1) is 37.2. The Morgan fingerprint density at radius 2 is 1.64 bits per heavy atom. The summed E-state index contributed by atoms with van der Waals surface area (Å²) in [5.74, 6) is -2.64. The fourth-order valence-electron chi connectivity index (χ4n) is 5.76. The molecule has 1 heterocycles. The predicted octanol–water partition coefficient (Wildman–Crippen LogP) is 1.01. The molecule has 0 aromatic rings. The van der Waals surface area contributed by atoms with E-state index in [0.29, 0.717) is 6.54 Å². The lowest BCUT2D eigenvalue weighted by molar-refractivity contribution is -0.143. The maximum Gasteiger partial charge on any atom is 0.315 e. The molecule has 2 rings (SSSR count). The third-order valence-corrected chi connectivity index (χ3v) is 10.4. The molecule has 44 heavy (non-hydrogen) atoms. The van der Waals surface area contributed by atoms with Crippen LogP contribution in [-0.4, -0.2) is 104 Å². The minimum atomic E-state index is -3.49. The van der Waals surface area contributed by atoms with Crippen molar-refractivity contribution >= 4 is 39.6 Å². The number of carbonyl (C=O) groups excluding carboxylic acids is 5. The van der Waals surface area contributed by atoms with Crippen LogP contribution in [0.1, 0.15) is 67.7 Å². The highest BCUT2D eigenvalue weighted by molar-refractivity contribution is 7.89. The van der Waals surface area contributed by atoms with Crippen LogP contribution in [0.3, 0.4) is 0 Å². The lowest BCUT2D eigenvalue weighted by atomic mass is 9.85. The summed E-state index contributed by atoms with van der Waals surface area (Å²) in [6.07, 6.45) is 3.96. The number of likely N-dealkylation sites (N-methyl/N-ethyl adjacent to an activating group) is 1. The van der Waals surface area contributed by atoms with Crippen molar-refractivity contribution < 1.29 is 32.4 Å². The molecular formula is C30H52N6O7S. The van der Waals surface area contributed by atoms with Gasteiger partial charge in [-0.1, -0.05) is 54.0 Å². The van der Waals surface area contributed by atoms with Gasteiger partial charge in [0.2, 0.25) is 27.6 Å². The van der Waals surface area contributed by atoms with Gasteiger partial charge < -0.3 is 26.2 Å². The highest BCUT2D eigenvalue weighted by atomic mass is 32.2. The maximum atomic E-state index is 14.1. The number of nitrogens with one attached hydrogen (secondary N) is 4. The molecule has 2 fully saturated rings. The van der Waals surface area contributed by atoms with Gasteiger partial charge in [0.05, 0.1) is 12.3 Å². The summed E-state index contributed by atoms with van der Waals surface area (Å²) < 4.78 is 26.0. The van der Waals surface area contributed by atoms with Gasteiger partial charge in [0.25, 0.3) is 5.91 Å². The molecule has 1 aliphatic heterocycles. The normalized spacial score (nSPS) is 21.7. The highest BCUT2D eigenvalue weighted by Gasteiger charge is 2.51. The minimum Gasteiger partial charge on any atom is -0.347 e. The van der Waals surface area contributed by atoms with E-state index in [1.807, 2.05) is 41.5 Å². The van der Waals surface area contributed by atoms with Gasteiger partial charge in [-0.05, 0) is 42.4 Å². The van der Waals surface area contributed by atoms with E-state index in [1.165, 1.54) is 22.3 Å². The van der Waals surface area contributed by atoms with Gasteiger partial charge in [0.15, 0.2) is 0 Å². The zero-order chi connectivity index (χ0) is 33.6. The number of nitrogens with zero attached hydrogens (tertiary/aromatic N) is 2. The molecular weight excluding hydrogens is 588 g/mol. The van der Waals surface area contributed by atoms with Crippen LogP contribution < -0.4 is 21.3 Å². The van der Waals surface area contributed by atoms with Crippen LogP contribution in [0.4, 0.5) is 4.79 Å². The third kappa shape index (κ3) is 9.50. The molecule has 1 aliphatic carbocycles. The first-order valence-corrected chi connectivity index (χ1v) is 16.9. The number of sulfonamides is 1. The van der Waals surface area contributed by atoms with Gasteiger partial charge in [0.1, 0.15) is 12.1 Å². The fourth-order valence-corrected chi connectivity index (χ4v) is 6.57. The molecule has 14 heteroatoms. The number of likely N-dealkylation sites (tertiary alicyclic amines) is 1. The Morgan fingerprint density at radius 1 is 1.00 bits per heavy atom. The largest absolute Gasteiger partial charge is 0.347 e. The molecule has 5 amide bonds. The number of hydrogen-bond donors (Lipinski definition) is 4. The highest BCUT2D eigenvalue weighted by Crippen LogP contribution is 2.43. The van der Waals surface area contributed by atoms with Crippen molar-refractivity contribution in [2.75, 3.05) is 39.0 Å². The second-order valence-corrected chi connectivity index (χ2v) is 16.3. The smallest absolute Gasteiger partial charge is 0.315 e. The number of urea groups is 1. The second kappa shape index (κ2) is 14.9. The van der Waals surface area contributed by atoms with Crippen LogP contribution in [0.5, 0.6) is 0 Å². The number of hydrogen-bond acceptors (Lipinski definition) is 7. The van der Waals surface area contributed by atoms with Gasteiger partial charge in [-0.3, -0.25) is 19.2 Å². The van der Waals surface area contributed by atoms with Gasteiger partial charge in [0, 0.05) is 32.7 Å². The van der Waals surface area contributed by atoms with E-state index < -0.39 is 75.1 Å². The lowest BCUT2D eigenvalue weighted by Gasteiger charge is -2.38.